The van der Waals surface area contributed by atoms with Gasteiger partial charge in [-0.2, -0.15) is 0 Å². The highest BCUT2D eigenvalue weighted by Crippen LogP contribution is 2.09. The number of aliphatic hydroxyl groups excluding tert-OH is 1. The first-order valence-corrected chi connectivity index (χ1v) is 6.78. The number of carbonyl (C=O) groups excluding carboxylic acids is 1. The Kier molecular flexibility index (Phi) is 6.52. The summed E-state index contributed by atoms with van der Waals surface area (Å²) < 4.78 is 0. The van der Waals surface area contributed by atoms with E-state index in [2.05, 4.69) is 5.32 Å². The van der Waals surface area contributed by atoms with Crippen molar-refractivity contribution in [2.45, 2.75) is 45.6 Å². The molecule has 1 saturated heterocycles. The van der Waals surface area contributed by atoms with Gasteiger partial charge in [-0.25, -0.2) is 0 Å². The second kappa shape index (κ2) is 7.67. The molecule has 17 heavy (non-hydrogen) atoms. The molecule has 1 fully saturated rings. The molecule has 1 aliphatic rings. The van der Waals surface area contributed by atoms with Crippen LogP contribution in [-0.2, 0) is 4.79 Å². The first kappa shape index (κ1) is 14.5. The average Bonchev–Trinajstić information content (AvgIpc) is 2.35. The molecule has 0 aromatic carbocycles. The van der Waals surface area contributed by atoms with Crippen LogP contribution in [0.5, 0.6) is 0 Å². The van der Waals surface area contributed by atoms with Gasteiger partial charge in [0.05, 0.1) is 6.10 Å². The van der Waals surface area contributed by atoms with E-state index in [0.29, 0.717) is 19.5 Å². The molecule has 0 aliphatic carbocycles. The van der Waals surface area contributed by atoms with Gasteiger partial charge in [0.2, 0.25) is 5.91 Å². The van der Waals surface area contributed by atoms with Gasteiger partial charge in [-0.1, -0.05) is 13.8 Å². The van der Waals surface area contributed by atoms with Crippen molar-refractivity contribution < 1.29 is 9.90 Å². The molecule has 0 radical (unpaired) electrons. The van der Waals surface area contributed by atoms with Crippen LogP contribution < -0.4 is 5.32 Å². The standard InChI is InChI=1S/C13H26N2O2/c1-11(2)12(16)10-14-7-6-13(17)15-8-4-3-5-9-15/h11-12,14,16H,3-10H2,1-2H3. The fourth-order valence-electron chi connectivity index (χ4n) is 1.98. The van der Waals surface area contributed by atoms with Crippen molar-refractivity contribution in [3.05, 3.63) is 0 Å². The maximum atomic E-state index is 11.8. The number of piperidine rings is 1. The van der Waals surface area contributed by atoms with Crippen molar-refractivity contribution in [2.75, 3.05) is 26.2 Å². The highest BCUT2D eigenvalue weighted by molar-refractivity contribution is 5.76. The number of nitrogens with zero attached hydrogens (tertiary/aromatic N) is 1. The summed E-state index contributed by atoms with van der Waals surface area (Å²) in [7, 11) is 0. The number of aliphatic hydroxyl groups is 1. The molecule has 100 valence electrons. The lowest BCUT2D eigenvalue weighted by Gasteiger charge is -2.26. The Labute approximate surface area is 104 Å². The van der Waals surface area contributed by atoms with Gasteiger partial charge >= 0.3 is 0 Å². The minimum Gasteiger partial charge on any atom is -0.392 e. The molecule has 2 N–H and O–H groups in total. The fraction of sp³-hybridized carbons (Fsp3) is 0.923. The summed E-state index contributed by atoms with van der Waals surface area (Å²) in [6.45, 7) is 7.07. The van der Waals surface area contributed by atoms with Crippen LogP contribution in [0.15, 0.2) is 0 Å². The molecule has 1 rings (SSSR count). The fourth-order valence-corrected chi connectivity index (χ4v) is 1.98. The molecule has 1 atom stereocenters. The quantitative estimate of drug-likeness (QED) is 0.683. The Morgan fingerprint density at radius 1 is 1.29 bits per heavy atom. The average molecular weight is 242 g/mol. The minimum absolute atomic E-state index is 0.247. The van der Waals surface area contributed by atoms with Crippen molar-refractivity contribution in [1.82, 2.24) is 10.2 Å². The van der Waals surface area contributed by atoms with E-state index in [1.165, 1.54) is 6.42 Å². The van der Waals surface area contributed by atoms with Gasteiger partial charge in [0.15, 0.2) is 0 Å². The summed E-state index contributed by atoms with van der Waals surface area (Å²) in [5, 5.41) is 12.7. The number of hydrogen-bond acceptors (Lipinski definition) is 3. The Morgan fingerprint density at radius 2 is 1.94 bits per heavy atom. The van der Waals surface area contributed by atoms with Gasteiger partial charge in [0.25, 0.3) is 0 Å². The largest absolute Gasteiger partial charge is 0.392 e. The normalized spacial score (nSPS) is 18.5. The number of likely N-dealkylation sites (tertiary alicyclic amines) is 1. The van der Waals surface area contributed by atoms with Crippen LogP contribution in [0.2, 0.25) is 0 Å². The first-order valence-electron chi connectivity index (χ1n) is 6.78. The smallest absolute Gasteiger partial charge is 0.223 e. The second-order valence-electron chi connectivity index (χ2n) is 5.21. The minimum atomic E-state index is -0.319. The van der Waals surface area contributed by atoms with Crippen molar-refractivity contribution in [1.29, 1.82) is 0 Å². The van der Waals surface area contributed by atoms with Crippen molar-refractivity contribution in [3.63, 3.8) is 0 Å². The molecule has 1 aliphatic heterocycles. The molecular weight excluding hydrogens is 216 g/mol. The Morgan fingerprint density at radius 3 is 2.53 bits per heavy atom. The first-order chi connectivity index (χ1) is 8.11. The molecule has 0 saturated carbocycles. The van der Waals surface area contributed by atoms with Gasteiger partial charge in [-0.15, -0.1) is 0 Å². The van der Waals surface area contributed by atoms with Gasteiger partial charge < -0.3 is 15.3 Å². The summed E-state index contributed by atoms with van der Waals surface area (Å²) in [4.78, 5) is 13.8. The van der Waals surface area contributed by atoms with E-state index in [-0.39, 0.29) is 17.9 Å². The molecule has 0 bridgehead atoms. The zero-order valence-electron chi connectivity index (χ0n) is 11.1. The lowest BCUT2D eigenvalue weighted by atomic mass is 10.1. The molecule has 0 aromatic rings. The number of carbonyl (C=O) groups is 1. The lowest BCUT2D eigenvalue weighted by molar-refractivity contribution is -0.132. The van der Waals surface area contributed by atoms with E-state index in [0.717, 1.165) is 25.9 Å². The Bertz CT molecular complexity index is 225. The Balaban J connectivity index is 2.07. The zero-order chi connectivity index (χ0) is 12.7. The predicted molar refractivity (Wildman–Crippen MR) is 68.8 cm³/mol. The van der Waals surface area contributed by atoms with E-state index >= 15 is 0 Å². The third-order valence-electron chi connectivity index (χ3n) is 3.35. The second-order valence-corrected chi connectivity index (χ2v) is 5.21. The third kappa shape index (κ3) is 5.50. The molecular formula is C13H26N2O2. The predicted octanol–water partition coefficient (Wildman–Crippen LogP) is 0.995. The van der Waals surface area contributed by atoms with Crippen molar-refractivity contribution >= 4 is 5.91 Å². The summed E-state index contributed by atoms with van der Waals surface area (Å²) in [6.07, 6.45) is 3.77. The van der Waals surface area contributed by atoms with E-state index in [1.807, 2.05) is 18.7 Å². The lowest BCUT2D eigenvalue weighted by Crippen LogP contribution is -2.38. The highest BCUT2D eigenvalue weighted by atomic mass is 16.3. The molecule has 1 heterocycles. The summed E-state index contributed by atoms with van der Waals surface area (Å²) in [5.41, 5.74) is 0. The van der Waals surface area contributed by atoms with E-state index < -0.39 is 0 Å². The van der Waals surface area contributed by atoms with Gasteiger partial charge in [-0.3, -0.25) is 4.79 Å². The number of rotatable bonds is 6. The van der Waals surface area contributed by atoms with Crippen LogP contribution in [0.3, 0.4) is 0 Å². The van der Waals surface area contributed by atoms with E-state index in [9.17, 15) is 9.90 Å². The molecule has 1 unspecified atom stereocenters. The van der Waals surface area contributed by atoms with Crippen LogP contribution in [0.4, 0.5) is 0 Å². The molecule has 1 amide bonds. The van der Waals surface area contributed by atoms with Crippen molar-refractivity contribution in [2.24, 2.45) is 5.92 Å². The van der Waals surface area contributed by atoms with Gasteiger partial charge in [-0.05, 0) is 25.2 Å². The summed E-state index contributed by atoms with van der Waals surface area (Å²) in [5.74, 6) is 0.511. The van der Waals surface area contributed by atoms with Gasteiger partial charge in [0.1, 0.15) is 0 Å². The van der Waals surface area contributed by atoms with E-state index in [1.54, 1.807) is 0 Å². The maximum Gasteiger partial charge on any atom is 0.223 e. The van der Waals surface area contributed by atoms with E-state index in [4.69, 9.17) is 0 Å². The van der Waals surface area contributed by atoms with Crippen LogP contribution in [-0.4, -0.2) is 48.2 Å². The van der Waals surface area contributed by atoms with Crippen LogP contribution in [0, 0.1) is 5.92 Å². The third-order valence-corrected chi connectivity index (χ3v) is 3.35. The zero-order valence-corrected chi connectivity index (χ0v) is 11.1. The number of hydrogen-bond donors (Lipinski definition) is 2. The van der Waals surface area contributed by atoms with Crippen LogP contribution >= 0.6 is 0 Å². The monoisotopic (exact) mass is 242 g/mol. The molecule has 4 heteroatoms. The summed E-state index contributed by atoms with van der Waals surface area (Å²) in [6, 6.07) is 0. The summed E-state index contributed by atoms with van der Waals surface area (Å²) >= 11 is 0. The van der Waals surface area contributed by atoms with Gasteiger partial charge in [0, 0.05) is 32.6 Å². The van der Waals surface area contributed by atoms with Crippen LogP contribution in [0.1, 0.15) is 39.5 Å². The highest BCUT2D eigenvalue weighted by Gasteiger charge is 2.16. The van der Waals surface area contributed by atoms with Crippen molar-refractivity contribution in [3.8, 4) is 0 Å². The van der Waals surface area contributed by atoms with Crippen LogP contribution in [0.25, 0.3) is 0 Å². The molecule has 0 spiro atoms. The number of amides is 1. The molecule has 4 nitrogen and oxygen atoms in total. The number of nitrogens with one attached hydrogen (secondary N) is 1. The topological polar surface area (TPSA) is 52.6 Å². The SMILES string of the molecule is CC(C)C(O)CNCCC(=O)N1CCCCC1. The molecule has 0 aromatic heterocycles. The maximum absolute atomic E-state index is 11.8. The Hall–Kier alpha value is -0.610.